The van der Waals surface area contributed by atoms with Crippen molar-refractivity contribution in [3.63, 3.8) is 0 Å². The van der Waals surface area contributed by atoms with E-state index in [-0.39, 0.29) is 18.9 Å². The Morgan fingerprint density at radius 1 is 1.17 bits per heavy atom. The van der Waals surface area contributed by atoms with Gasteiger partial charge in [0.25, 0.3) is 0 Å². The van der Waals surface area contributed by atoms with Crippen LogP contribution in [0.1, 0.15) is 0 Å². The summed E-state index contributed by atoms with van der Waals surface area (Å²) in [7, 11) is 0.861. The van der Waals surface area contributed by atoms with E-state index in [2.05, 4.69) is 0 Å². The van der Waals surface area contributed by atoms with Crippen molar-refractivity contribution in [3.05, 3.63) is 0 Å². The molecule has 4 heteroatoms. The molecular formula is C2BLiN2. The Hall–Kier alpha value is -0.358. The number of hydrogen-bond donors (Lipinski definition) is 0. The summed E-state index contributed by atoms with van der Waals surface area (Å²) in [4.78, 5) is 0. The summed E-state index contributed by atoms with van der Waals surface area (Å²) in [5.41, 5.74) is 0. The van der Waals surface area contributed by atoms with E-state index in [0.29, 0.717) is 0 Å². The molecule has 0 rings (SSSR count). The quantitative estimate of drug-likeness (QED) is 0.279. The molecule has 0 aromatic rings. The Morgan fingerprint density at radius 3 is 1.50 bits per heavy atom. The molecule has 0 spiro atoms. The van der Waals surface area contributed by atoms with Gasteiger partial charge in [-0.1, -0.05) is 7.28 Å². The van der Waals surface area contributed by atoms with Crippen molar-refractivity contribution >= 4 is 7.28 Å². The minimum absolute atomic E-state index is 0. The summed E-state index contributed by atoms with van der Waals surface area (Å²) < 4.78 is 0. The fourth-order valence-electron chi connectivity index (χ4n) is 0.0289. The predicted octanol–water partition coefficient (Wildman–Crippen LogP) is -3.34. The second-order valence-corrected chi connectivity index (χ2v) is 0.403. The molecule has 0 heterocycles. The second-order valence-electron chi connectivity index (χ2n) is 0.403. The first kappa shape index (κ1) is 9.17. The maximum Gasteiger partial charge on any atom is 1.00 e. The first-order chi connectivity index (χ1) is 2.41. The molecule has 0 amide bonds. The molecule has 0 unspecified atom stereocenters. The average molecular weight is 69.8 g/mol. The Kier molecular flexibility index (Phi) is 13.5. The van der Waals surface area contributed by atoms with Crippen LogP contribution in [0.25, 0.3) is 0 Å². The number of nitrogens with zero attached hydrogens (tertiary/aromatic N) is 2. The minimum atomic E-state index is 0. The summed E-state index contributed by atoms with van der Waals surface area (Å²) >= 11 is 0. The van der Waals surface area contributed by atoms with E-state index in [4.69, 9.17) is 10.5 Å². The monoisotopic (exact) mass is 70.0 g/mol. The van der Waals surface area contributed by atoms with Gasteiger partial charge in [0.05, 0.1) is 0 Å². The predicted molar refractivity (Wildman–Crippen MR) is 17.0 cm³/mol. The van der Waals surface area contributed by atoms with E-state index >= 15 is 0 Å². The number of rotatable bonds is 0. The van der Waals surface area contributed by atoms with Crippen LogP contribution in [0.15, 0.2) is 0 Å². The van der Waals surface area contributed by atoms with Gasteiger partial charge in [-0.25, -0.2) is 11.9 Å². The molecule has 0 aliphatic rings. The zero-order chi connectivity index (χ0) is 4.12. The van der Waals surface area contributed by atoms with Crippen LogP contribution in [-0.2, 0) is 0 Å². The normalized spacial score (nSPS) is 3.67. The molecule has 0 bridgehead atoms. The maximum absolute atomic E-state index is 7.54. The van der Waals surface area contributed by atoms with Crippen LogP contribution < -0.4 is 18.9 Å². The van der Waals surface area contributed by atoms with Crippen molar-refractivity contribution < 1.29 is 18.9 Å². The molecule has 2 radical (unpaired) electrons. The molecule has 6 heavy (non-hydrogen) atoms. The smallest absolute Gasteiger partial charge is 0.255 e. The van der Waals surface area contributed by atoms with Gasteiger partial charge in [-0.05, 0) is 0 Å². The average Bonchev–Trinajstić information content (AvgIpc) is 1.41. The Labute approximate surface area is 49.2 Å². The topological polar surface area (TPSA) is 47.6 Å². The number of hydrogen-bond acceptors (Lipinski definition) is 2. The largest absolute Gasteiger partial charge is 1.00 e. The van der Waals surface area contributed by atoms with E-state index < -0.39 is 0 Å². The van der Waals surface area contributed by atoms with E-state index in [1.807, 2.05) is 0 Å². The Bertz CT molecular complexity index is 76.7. The summed E-state index contributed by atoms with van der Waals surface area (Å²) in [6.45, 7) is 0. The number of nitriles is 2. The SMILES string of the molecule is N#C[B-]C#N.[Li+]. The first-order valence-electron chi connectivity index (χ1n) is 1.02. The fourth-order valence-corrected chi connectivity index (χ4v) is 0.0289. The third-order valence-corrected chi connectivity index (χ3v) is 0.129. The van der Waals surface area contributed by atoms with Crippen LogP contribution in [0.5, 0.6) is 0 Å². The third-order valence-electron chi connectivity index (χ3n) is 0.129. The van der Waals surface area contributed by atoms with Crippen molar-refractivity contribution in [1.29, 1.82) is 10.5 Å². The molecule has 0 aliphatic carbocycles. The molecule has 0 N–H and O–H groups in total. The maximum atomic E-state index is 7.54. The molecular weight excluding hydrogens is 69.8 g/mol. The van der Waals surface area contributed by atoms with Gasteiger partial charge in [0.2, 0.25) is 0 Å². The molecule has 0 atom stereocenters. The Morgan fingerprint density at radius 2 is 1.50 bits per heavy atom. The van der Waals surface area contributed by atoms with E-state index in [1.54, 1.807) is 0 Å². The van der Waals surface area contributed by atoms with Gasteiger partial charge in [0.15, 0.2) is 0 Å². The van der Waals surface area contributed by atoms with E-state index in [0.717, 1.165) is 7.28 Å². The molecule has 0 fully saturated rings. The molecule has 0 aromatic carbocycles. The summed E-state index contributed by atoms with van der Waals surface area (Å²) in [5, 5.41) is 15.1. The summed E-state index contributed by atoms with van der Waals surface area (Å²) in [6, 6.07) is 0. The van der Waals surface area contributed by atoms with Crippen molar-refractivity contribution in [1.82, 2.24) is 0 Å². The zero-order valence-electron chi connectivity index (χ0n) is 3.47. The molecule has 0 saturated carbocycles. The van der Waals surface area contributed by atoms with Crippen LogP contribution >= 0.6 is 0 Å². The van der Waals surface area contributed by atoms with Crippen molar-refractivity contribution in [3.8, 4) is 11.9 Å². The molecule has 0 aliphatic heterocycles. The Balaban J connectivity index is 0. The van der Waals surface area contributed by atoms with Gasteiger partial charge in [-0.2, -0.15) is 0 Å². The van der Waals surface area contributed by atoms with Crippen LogP contribution in [0.3, 0.4) is 0 Å². The first-order valence-corrected chi connectivity index (χ1v) is 1.02. The molecule has 0 aromatic heterocycles. The van der Waals surface area contributed by atoms with Gasteiger partial charge >= 0.3 is 18.9 Å². The summed E-state index contributed by atoms with van der Waals surface area (Å²) in [6.07, 6.45) is 0. The van der Waals surface area contributed by atoms with Gasteiger partial charge < -0.3 is 0 Å². The summed E-state index contributed by atoms with van der Waals surface area (Å²) in [5.74, 6) is 3.06. The van der Waals surface area contributed by atoms with Gasteiger partial charge in [0.1, 0.15) is 0 Å². The van der Waals surface area contributed by atoms with Crippen molar-refractivity contribution in [2.24, 2.45) is 0 Å². The fraction of sp³-hybridized carbons (Fsp3) is 0. The molecule has 2 nitrogen and oxygen atoms in total. The van der Waals surface area contributed by atoms with Crippen LogP contribution in [-0.4, -0.2) is 7.28 Å². The van der Waals surface area contributed by atoms with Crippen molar-refractivity contribution in [2.75, 3.05) is 0 Å². The van der Waals surface area contributed by atoms with Gasteiger partial charge in [-0.15, -0.1) is 0 Å². The van der Waals surface area contributed by atoms with Crippen LogP contribution in [0, 0.1) is 22.5 Å². The minimum Gasteiger partial charge on any atom is -0.255 e. The van der Waals surface area contributed by atoms with Crippen LogP contribution in [0.2, 0.25) is 0 Å². The second kappa shape index (κ2) is 8.82. The van der Waals surface area contributed by atoms with Gasteiger partial charge in [-0.3, -0.25) is 10.5 Å². The van der Waals surface area contributed by atoms with Gasteiger partial charge in [0, 0.05) is 0 Å². The van der Waals surface area contributed by atoms with Crippen LogP contribution in [0.4, 0.5) is 0 Å². The van der Waals surface area contributed by atoms with Crippen molar-refractivity contribution in [2.45, 2.75) is 0 Å². The standard InChI is InChI=1S/C2BN2.Li/c4-1-3-2-5;/q-1;+1. The van der Waals surface area contributed by atoms with E-state index in [9.17, 15) is 0 Å². The van der Waals surface area contributed by atoms with E-state index in [1.165, 1.54) is 11.9 Å². The zero-order valence-corrected chi connectivity index (χ0v) is 3.47. The molecule has 22 valence electrons. The third kappa shape index (κ3) is 9.43. The molecule has 0 saturated heterocycles.